The molecule has 0 aliphatic rings. The summed E-state index contributed by atoms with van der Waals surface area (Å²) >= 11 is 0. The van der Waals surface area contributed by atoms with Gasteiger partial charge in [-0.2, -0.15) is 0 Å². The van der Waals surface area contributed by atoms with Crippen LogP contribution in [0.3, 0.4) is 0 Å². The lowest BCUT2D eigenvalue weighted by molar-refractivity contribution is -0.142. The second kappa shape index (κ2) is 8.16. The number of carbonyl (C=O) groups excluding carboxylic acids is 2. The first kappa shape index (κ1) is 18.8. The van der Waals surface area contributed by atoms with Gasteiger partial charge in [0.05, 0.1) is 24.3 Å². The number of phenols is 2. The molecule has 0 unspecified atom stereocenters. The first-order chi connectivity index (χ1) is 13.5. The smallest absolute Gasteiger partial charge is 0.310 e. The zero-order chi connectivity index (χ0) is 20.1. The van der Waals surface area contributed by atoms with Gasteiger partial charge in [0, 0.05) is 11.1 Å². The van der Waals surface area contributed by atoms with Crippen molar-refractivity contribution < 1.29 is 24.5 Å². The average molecular weight is 383 g/mol. The van der Waals surface area contributed by atoms with Gasteiger partial charge in [0.1, 0.15) is 11.5 Å². The molecule has 0 atom stereocenters. The topological polar surface area (TPSA) is 150 Å². The van der Waals surface area contributed by atoms with Gasteiger partial charge in [-0.05, 0) is 41.6 Å². The van der Waals surface area contributed by atoms with E-state index in [9.17, 15) is 19.8 Å². The fraction of sp³-hybridized carbons (Fsp3) is 0.167. The molecule has 0 saturated heterocycles. The van der Waals surface area contributed by atoms with Gasteiger partial charge in [0.25, 0.3) is 5.91 Å². The number of ether oxygens (including phenoxy) is 1. The largest absolute Gasteiger partial charge is 0.508 e. The number of carbonyl (C=O) groups is 2. The minimum atomic E-state index is -0.657. The molecule has 0 bridgehead atoms. The standard InChI is InChI=1S/C18H17N5O5/c1-2-28-16(26)8-10-7-15(25)12(9-14(10)24)18(27)19-13-6-4-3-5-11(13)17-20-22-23-21-17/h3-7,9,24-25H,2,8H2,1H3,(H,19,27)(H,20,21,22,23). The Hall–Kier alpha value is -3.95. The summed E-state index contributed by atoms with van der Waals surface area (Å²) in [6.45, 7) is 1.86. The Bertz CT molecular complexity index is 1000. The third kappa shape index (κ3) is 4.06. The molecule has 28 heavy (non-hydrogen) atoms. The Morgan fingerprint density at radius 2 is 1.96 bits per heavy atom. The van der Waals surface area contributed by atoms with Crippen molar-refractivity contribution in [1.29, 1.82) is 0 Å². The SMILES string of the molecule is CCOC(=O)Cc1cc(O)c(C(=O)Nc2ccccc2-c2nnn[nH]2)cc1O. The second-order valence-electron chi connectivity index (χ2n) is 5.73. The highest BCUT2D eigenvalue weighted by molar-refractivity contribution is 6.08. The van der Waals surface area contributed by atoms with E-state index in [1.807, 2.05) is 0 Å². The van der Waals surface area contributed by atoms with Crippen LogP contribution < -0.4 is 5.32 Å². The highest BCUT2D eigenvalue weighted by atomic mass is 16.5. The Morgan fingerprint density at radius 1 is 1.18 bits per heavy atom. The van der Waals surface area contributed by atoms with Gasteiger partial charge in [-0.1, -0.05) is 12.1 Å². The van der Waals surface area contributed by atoms with Crippen molar-refractivity contribution >= 4 is 17.6 Å². The third-order valence-electron chi connectivity index (χ3n) is 3.86. The lowest BCUT2D eigenvalue weighted by atomic mass is 10.1. The highest BCUT2D eigenvalue weighted by Crippen LogP contribution is 2.30. The van der Waals surface area contributed by atoms with E-state index in [0.29, 0.717) is 17.1 Å². The lowest BCUT2D eigenvalue weighted by Crippen LogP contribution is -2.14. The molecular weight excluding hydrogens is 366 g/mol. The van der Waals surface area contributed by atoms with Crippen molar-refractivity contribution in [2.45, 2.75) is 13.3 Å². The summed E-state index contributed by atoms with van der Waals surface area (Å²) in [6.07, 6.45) is -0.226. The number of rotatable bonds is 6. The molecule has 1 aromatic heterocycles. The molecule has 1 heterocycles. The molecule has 4 N–H and O–H groups in total. The van der Waals surface area contributed by atoms with Crippen LogP contribution in [-0.2, 0) is 16.0 Å². The molecule has 0 radical (unpaired) electrons. The number of anilines is 1. The number of benzene rings is 2. The van der Waals surface area contributed by atoms with E-state index in [4.69, 9.17) is 4.74 Å². The minimum absolute atomic E-state index is 0.153. The predicted octanol–water partition coefficient (Wildman–Crippen LogP) is 1.64. The van der Waals surface area contributed by atoms with Gasteiger partial charge in [-0.25, -0.2) is 5.10 Å². The van der Waals surface area contributed by atoms with Gasteiger partial charge in [0.15, 0.2) is 5.82 Å². The van der Waals surface area contributed by atoms with Gasteiger partial charge >= 0.3 is 5.97 Å². The number of aromatic amines is 1. The second-order valence-corrected chi connectivity index (χ2v) is 5.73. The molecule has 144 valence electrons. The molecule has 0 aliphatic carbocycles. The third-order valence-corrected chi connectivity index (χ3v) is 3.86. The monoisotopic (exact) mass is 383 g/mol. The van der Waals surface area contributed by atoms with Crippen LogP contribution in [0.2, 0.25) is 0 Å². The van der Waals surface area contributed by atoms with Crippen LogP contribution in [0, 0.1) is 0 Å². The number of H-pyrrole nitrogens is 1. The molecule has 3 rings (SSSR count). The summed E-state index contributed by atoms with van der Waals surface area (Å²) in [5, 5.41) is 36.4. The van der Waals surface area contributed by atoms with E-state index < -0.39 is 11.9 Å². The number of aromatic hydroxyl groups is 2. The molecule has 2 aromatic carbocycles. The number of hydrogen-bond acceptors (Lipinski definition) is 8. The van der Waals surface area contributed by atoms with Crippen molar-refractivity contribution in [3.63, 3.8) is 0 Å². The van der Waals surface area contributed by atoms with Gasteiger partial charge < -0.3 is 20.3 Å². The number of phenolic OH excluding ortho intramolecular Hbond substituents is 2. The van der Waals surface area contributed by atoms with Crippen LogP contribution in [-0.4, -0.2) is 49.3 Å². The van der Waals surface area contributed by atoms with E-state index in [1.54, 1.807) is 31.2 Å². The predicted molar refractivity (Wildman–Crippen MR) is 97.7 cm³/mol. The fourth-order valence-corrected chi connectivity index (χ4v) is 2.57. The fourth-order valence-electron chi connectivity index (χ4n) is 2.57. The molecule has 1 amide bonds. The zero-order valence-electron chi connectivity index (χ0n) is 14.8. The van der Waals surface area contributed by atoms with E-state index in [-0.39, 0.29) is 35.7 Å². The molecule has 10 nitrogen and oxygen atoms in total. The van der Waals surface area contributed by atoms with Gasteiger partial charge in [0.2, 0.25) is 0 Å². The van der Waals surface area contributed by atoms with Gasteiger partial charge in [-0.3, -0.25) is 9.59 Å². The first-order valence-electron chi connectivity index (χ1n) is 8.34. The summed E-state index contributed by atoms with van der Waals surface area (Å²) in [5.41, 5.74) is 0.945. The molecular formula is C18H17N5O5. The number of nitrogens with one attached hydrogen (secondary N) is 2. The molecule has 0 fully saturated rings. The van der Waals surface area contributed by atoms with Crippen molar-refractivity contribution in [3.05, 3.63) is 47.5 Å². The molecule has 0 aliphatic heterocycles. The average Bonchev–Trinajstić information content (AvgIpc) is 3.19. The van der Waals surface area contributed by atoms with Crippen molar-refractivity contribution in [3.8, 4) is 22.9 Å². The Balaban J connectivity index is 1.84. The number of tetrazole rings is 1. The zero-order valence-corrected chi connectivity index (χ0v) is 14.8. The van der Waals surface area contributed by atoms with E-state index in [2.05, 4.69) is 25.9 Å². The van der Waals surface area contributed by atoms with Crippen LogP contribution in [0.4, 0.5) is 5.69 Å². The normalized spacial score (nSPS) is 10.5. The number of aromatic nitrogens is 4. The summed E-state index contributed by atoms with van der Waals surface area (Å²) in [4.78, 5) is 24.2. The van der Waals surface area contributed by atoms with E-state index in [0.717, 1.165) is 12.1 Å². The van der Waals surface area contributed by atoms with Crippen LogP contribution in [0.5, 0.6) is 11.5 Å². The minimum Gasteiger partial charge on any atom is -0.508 e. The molecule has 0 saturated carbocycles. The molecule has 3 aromatic rings. The van der Waals surface area contributed by atoms with Crippen LogP contribution in [0.15, 0.2) is 36.4 Å². The van der Waals surface area contributed by atoms with E-state index >= 15 is 0 Å². The number of para-hydroxylation sites is 1. The quantitative estimate of drug-likeness (QED) is 0.370. The number of amides is 1. The summed E-state index contributed by atoms with van der Waals surface area (Å²) < 4.78 is 4.82. The number of nitrogens with zero attached hydrogens (tertiary/aromatic N) is 3. The van der Waals surface area contributed by atoms with Crippen molar-refractivity contribution in [2.24, 2.45) is 0 Å². The molecule has 10 heteroatoms. The lowest BCUT2D eigenvalue weighted by Gasteiger charge is -2.12. The summed E-state index contributed by atoms with van der Waals surface area (Å²) in [7, 11) is 0. The molecule has 0 spiro atoms. The summed E-state index contributed by atoms with van der Waals surface area (Å²) in [5.74, 6) is -1.54. The van der Waals surface area contributed by atoms with Gasteiger partial charge in [-0.15, -0.1) is 5.10 Å². The highest BCUT2D eigenvalue weighted by Gasteiger charge is 2.19. The Labute approximate surface area is 159 Å². The van der Waals surface area contributed by atoms with Crippen LogP contribution >= 0.6 is 0 Å². The maximum absolute atomic E-state index is 12.6. The maximum atomic E-state index is 12.6. The summed E-state index contributed by atoms with van der Waals surface area (Å²) in [6, 6.07) is 9.06. The van der Waals surface area contributed by atoms with Crippen molar-refractivity contribution in [1.82, 2.24) is 20.6 Å². The van der Waals surface area contributed by atoms with E-state index in [1.165, 1.54) is 0 Å². The Morgan fingerprint density at radius 3 is 2.68 bits per heavy atom. The Kier molecular flexibility index (Phi) is 5.49. The first-order valence-corrected chi connectivity index (χ1v) is 8.34. The number of esters is 1. The number of hydrogen-bond donors (Lipinski definition) is 4. The van der Waals surface area contributed by atoms with Crippen LogP contribution in [0.1, 0.15) is 22.8 Å². The van der Waals surface area contributed by atoms with Crippen molar-refractivity contribution in [2.75, 3.05) is 11.9 Å². The van der Waals surface area contributed by atoms with Crippen LogP contribution in [0.25, 0.3) is 11.4 Å². The maximum Gasteiger partial charge on any atom is 0.310 e.